The number of carbonyl (C=O) groups is 2. The molecule has 1 atom stereocenters. The van der Waals surface area contributed by atoms with Gasteiger partial charge in [-0.15, -0.1) is 0 Å². The van der Waals surface area contributed by atoms with Crippen molar-refractivity contribution in [3.05, 3.63) is 71.3 Å². The second kappa shape index (κ2) is 9.76. The molecule has 0 aliphatic heterocycles. The van der Waals surface area contributed by atoms with Gasteiger partial charge in [0.2, 0.25) is 11.8 Å². The molecule has 2 aromatic carbocycles. The molecule has 0 aliphatic rings. The van der Waals surface area contributed by atoms with Gasteiger partial charge in [0.15, 0.2) is 0 Å². The fourth-order valence-corrected chi connectivity index (χ4v) is 3.05. The summed E-state index contributed by atoms with van der Waals surface area (Å²) >= 11 is 0. The van der Waals surface area contributed by atoms with E-state index in [0.717, 1.165) is 16.7 Å². The van der Waals surface area contributed by atoms with E-state index in [1.54, 1.807) is 4.90 Å². The van der Waals surface area contributed by atoms with Crippen LogP contribution >= 0.6 is 0 Å². The fourth-order valence-electron chi connectivity index (χ4n) is 3.05. The molecule has 1 N–H and O–H groups in total. The van der Waals surface area contributed by atoms with Gasteiger partial charge in [-0.25, -0.2) is 0 Å². The molecule has 0 saturated carbocycles. The van der Waals surface area contributed by atoms with Crippen LogP contribution in [0, 0.1) is 6.92 Å². The molecule has 0 heterocycles. The van der Waals surface area contributed by atoms with Gasteiger partial charge >= 0.3 is 0 Å². The Morgan fingerprint density at radius 1 is 1.00 bits per heavy atom. The smallest absolute Gasteiger partial charge is 0.242 e. The van der Waals surface area contributed by atoms with Crippen LogP contribution in [0.1, 0.15) is 37.0 Å². The first-order valence-corrected chi connectivity index (χ1v) is 9.22. The quantitative estimate of drug-likeness (QED) is 0.791. The average Bonchev–Trinajstić information content (AvgIpc) is 2.64. The minimum atomic E-state index is -0.467. The Morgan fingerprint density at radius 3 is 2.27 bits per heavy atom. The van der Waals surface area contributed by atoms with E-state index in [0.29, 0.717) is 25.9 Å². The Hall–Kier alpha value is -2.62. The number of amides is 2. The summed E-state index contributed by atoms with van der Waals surface area (Å²) in [6, 6.07) is 17.2. The number of rotatable bonds is 8. The molecule has 2 rings (SSSR count). The first kappa shape index (κ1) is 19.7. The lowest BCUT2D eigenvalue weighted by molar-refractivity contribution is -0.140. The first-order valence-electron chi connectivity index (χ1n) is 9.22. The second-order valence-electron chi connectivity index (χ2n) is 6.43. The van der Waals surface area contributed by atoms with E-state index in [-0.39, 0.29) is 11.8 Å². The minimum Gasteiger partial charge on any atom is -0.355 e. The van der Waals surface area contributed by atoms with Crippen LogP contribution in [0.25, 0.3) is 0 Å². The summed E-state index contributed by atoms with van der Waals surface area (Å²) in [5.41, 5.74) is 3.14. The zero-order valence-corrected chi connectivity index (χ0v) is 15.9. The predicted octanol–water partition coefficient (Wildman–Crippen LogP) is 3.48. The largest absolute Gasteiger partial charge is 0.355 e. The molecular weight excluding hydrogens is 324 g/mol. The van der Waals surface area contributed by atoms with Crippen LogP contribution in [0.4, 0.5) is 0 Å². The van der Waals surface area contributed by atoms with Crippen LogP contribution in [0.3, 0.4) is 0 Å². The van der Waals surface area contributed by atoms with Crippen LogP contribution in [0.5, 0.6) is 0 Å². The number of aryl methyl sites for hydroxylation is 1. The van der Waals surface area contributed by atoms with Crippen molar-refractivity contribution >= 4 is 11.8 Å². The van der Waals surface area contributed by atoms with Gasteiger partial charge in [0.05, 0.1) is 6.42 Å². The lowest BCUT2D eigenvalue weighted by Crippen LogP contribution is -2.49. The lowest BCUT2D eigenvalue weighted by atomic mass is 10.0. The van der Waals surface area contributed by atoms with Crippen molar-refractivity contribution in [1.29, 1.82) is 0 Å². The van der Waals surface area contributed by atoms with Gasteiger partial charge in [-0.05, 0) is 37.0 Å². The van der Waals surface area contributed by atoms with Gasteiger partial charge in [-0.3, -0.25) is 9.59 Å². The average molecular weight is 352 g/mol. The molecule has 26 heavy (non-hydrogen) atoms. The Labute approximate surface area is 156 Å². The zero-order chi connectivity index (χ0) is 18.9. The maximum atomic E-state index is 13.1. The Bertz CT molecular complexity index is 728. The number of nitrogens with zero attached hydrogens (tertiary/aromatic N) is 1. The van der Waals surface area contributed by atoms with Crippen molar-refractivity contribution in [2.24, 2.45) is 0 Å². The molecule has 4 heteroatoms. The molecule has 4 nitrogen and oxygen atoms in total. The molecular formula is C22H28N2O2. The topological polar surface area (TPSA) is 49.4 Å². The lowest BCUT2D eigenvalue weighted by Gasteiger charge is -2.31. The van der Waals surface area contributed by atoms with Gasteiger partial charge < -0.3 is 10.2 Å². The summed E-state index contributed by atoms with van der Waals surface area (Å²) < 4.78 is 0. The predicted molar refractivity (Wildman–Crippen MR) is 105 cm³/mol. The monoisotopic (exact) mass is 352 g/mol. The molecule has 1 unspecified atom stereocenters. The van der Waals surface area contributed by atoms with Crippen molar-refractivity contribution in [2.75, 3.05) is 6.54 Å². The molecule has 138 valence electrons. The van der Waals surface area contributed by atoms with Crippen molar-refractivity contribution in [3.63, 3.8) is 0 Å². The van der Waals surface area contributed by atoms with Gasteiger partial charge in [-0.1, -0.05) is 61.5 Å². The first-order chi connectivity index (χ1) is 12.6. The van der Waals surface area contributed by atoms with Crippen molar-refractivity contribution in [1.82, 2.24) is 10.2 Å². The third kappa shape index (κ3) is 5.19. The molecule has 0 saturated heterocycles. The molecule has 0 bridgehead atoms. The Kier molecular flexibility index (Phi) is 7.39. The second-order valence-corrected chi connectivity index (χ2v) is 6.43. The molecule has 0 aliphatic carbocycles. The van der Waals surface area contributed by atoms with E-state index >= 15 is 0 Å². The van der Waals surface area contributed by atoms with E-state index in [4.69, 9.17) is 0 Å². The summed E-state index contributed by atoms with van der Waals surface area (Å²) in [4.78, 5) is 27.3. The van der Waals surface area contributed by atoms with Crippen LogP contribution in [-0.4, -0.2) is 29.3 Å². The van der Waals surface area contributed by atoms with E-state index in [9.17, 15) is 9.59 Å². The van der Waals surface area contributed by atoms with Gasteiger partial charge in [0.1, 0.15) is 6.04 Å². The van der Waals surface area contributed by atoms with Gasteiger partial charge in [-0.2, -0.15) is 0 Å². The Balaban J connectivity index is 2.28. The summed E-state index contributed by atoms with van der Waals surface area (Å²) in [6.45, 7) is 6.86. The number of nitrogens with one attached hydrogen (secondary N) is 1. The maximum absolute atomic E-state index is 13.1. The zero-order valence-electron chi connectivity index (χ0n) is 15.9. The normalized spacial score (nSPS) is 11.7. The fraction of sp³-hybridized carbons (Fsp3) is 0.364. The highest BCUT2D eigenvalue weighted by Crippen LogP contribution is 2.17. The summed E-state index contributed by atoms with van der Waals surface area (Å²) in [7, 11) is 0. The molecule has 2 aromatic rings. The molecule has 0 spiro atoms. The number of benzene rings is 2. The van der Waals surface area contributed by atoms with Gasteiger partial charge in [0.25, 0.3) is 0 Å². The van der Waals surface area contributed by atoms with Crippen LogP contribution in [0.2, 0.25) is 0 Å². The van der Waals surface area contributed by atoms with Gasteiger partial charge in [0, 0.05) is 13.1 Å². The van der Waals surface area contributed by atoms with Crippen molar-refractivity contribution < 1.29 is 9.59 Å². The molecule has 0 radical (unpaired) electrons. The van der Waals surface area contributed by atoms with E-state index < -0.39 is 6.04 Å². The minimum absolute atomic E-state index is 0.0300. The summed E-state index contributed by atoms with van der Waals surface area (Å²) in [5.74, 6) is -0.123. The van der Waals surface area contributed by atoms with Crippen LogP contribution in [-0.2, 0) is 22.6 Å². The summed E-state index contributed by atoms with van der Waals surface area (Å²) in [6.07, 6.45) is 0.876. The third-order valence-electron chi connectivity index (χ3n) is 4.54. The summed E-state index contributed by atoms with van der Waals surface area (Å²) in [5, 5.41) is 2.86. The number of hydrogen-bond donors (Lipinski definition) is 1. The molecule has 0 aromatic heterocycles. The SMILES string of the molecule is CCNC(=O)C(CC)N(Cc1ccccc1C)C(=O)Cc1ccccc1. The van der Waals surface area contributed by atoms with Crippen molar-refractivity contribution in [3.8, 4) is 0 Å². The van der Waals surface area contributed by atoms with Crippen LogP contribution in [0.15, 0.2) is 54.6 Å². The number of carbonyl (C=O) groups excluding carboxylic acids is 2. The van der Waals surface area contributed by atoms with Crippen molar-refractivity contribution in [2.45, 2.75) is 46.2 Å². The number of hydrogen-bond acceptors (Lipinski definition) is 2. The molecule has 0 fully saturated rings. The van der Waals surface area contributed by atoms with Crippen LogP contribution < -0.4 is 5.32 Å². The van der Waals surface area contributed by atoms with E-state index in [1.807, 2.05) is 75.4 Å². The maximum Gasteiger partial charge on any atom is 0.242 e. The number of likely N-dealkylation sites (N-methyl/N-ethyl adjacent to an activating group) is 1. The Morgan fingerprint density at radius 2 is 1.65 bits per heavy atom. The highest BCUT2D eigenvalue weighted by atomic mass is 16.2. The van der Waals surface area contributed by atoms with E-state index in [2.05, 4.69) is 5.32 Å². The highest BCUT2D eigenvalue weighted by molar-refractivity contribution is 5.88. The van der Waals surface area contributed by atoms with E-state index in [1.165, 1.54) is 0 Å². The molecule has 2 amide bonds. The third-order valence-corrected chi connectivity index (χ3v) is 4.54. The highest BCUT2D eigenvalue weighted by Gasteiger charge is 2.28. The standard InChI is InChI=1S/C22H28N2O2/c1-4-20(22(26)23-5-2)24(16-19-14-10-9-11-17(19)3)21(25)15-18-12-7-6-8-13-18/h6-14,20H,4-5,15-16H2,1-3H3,(H,23,26).